The summed E-state index contributed by atoms with van der Waals surface area (Å²) >= 11 is 5.31. The lowest BCUT2D eigenvalue weighted by molar-refractivity contribution is -0.150. The van der Waals surface area contributed by atoms with Gasteiger partial charge in [0.2, 0.25) is 5.16 Å². The Labute approximate surface area is 225 Å². The number of thiazole rings is 1. The topological polar surface area (TPSA) is 189 Å². The number of β-lactam (4-membered cyclic amide) rings is 1. The van der Waals surface area contributed by atoms with Gasteiger partial charge in [-0.1, -0.05) is 16.9 Å². The second kappa shape index (κ2) is 10.5. The number of carboxylic acid groups (broad SMARTS) is 1. The number of nitrogens with one attached hydrogen (secondary N) is 2. The molecule has 17 heteroatoms. The molecule has 1 saturated heterocycles. The predicted octanol–water partition coefficient (Wildman–Crippen LogP) is 1.45. The maximum atomic E-state index is 13.0. The molecule has 37 heavy (non-hydrogen) atoms. The fourth-order valence-electron chi connectivity index (χ4n) is 3.69. The lowest BCUT2D eigenvalue weighted by Crippen LogP contribution is -2.71. The molecule has 5 heterocycles. The molecule has 3 aromatic heterocycles. The van der Waals surface area contributed by atoms with Crippen LogP contribution in [0.3, 0.4) is 0 Å². The minimum Gasteiger partial charge on any atom is -0.477 e. The van der Waals surface area contributed by atoms with Crippen LogP contribution >= 0.6 is 46.2 Å². The second-order valence-electron chi connectivity index (χ2n) is 7.58. The van der Waals surface area contributed by atoms with Crippen LogP contribution < -0.4 is 11.1 Å². The van der Waals surface area contributed by atoms with E-state index >= 15 is 0 Å². The normalized spacial score (nSPS) is 19.4. The monoisotopic (exact) mass is 578 g/mol. The number of aromatic nitrogens is 4. The molecule has 2 amide bonds. The Bertz CT molecular complexity index is 1420. The van der Waals surface area contributed by atoms with Crippen molar-refractivity contribution in [3.05, 3.63) is 39.2 Å². The Morgan fingerprint density at radius 2 is 2.24 bits per heavy atom. The van der Waals surface area contributed by atoms with Crippen molar-refractivity contribution >= 4 is 74.8 Å². The number of nitrogens with two attached hydrogens (primary N) is 1. The quantitative estimate of drug-likeness (QED) is 0.124. The first kappa shape index (κ1) is 25.2. The van der Waals surface area contributed by atoms with Crippen LogP contribution in [0.15, 0.2) is 43.8 Å². The number of aromatic amines is 1. The summed E-state index contributed by atoms with van der Waals surface area (Å²) in [6.45, 7) is 0. The molecule has 0 radical (unpaired) electrons. The number of nitrogen functional groups attached to an aromatic ring is 1. The third-order valence-electron chi connectivity index (χ3n) is 5.33. The van der Waals surface area contributed by atoms with E-state index in [0.717, 1.165) is 16.9 Å². The largest absolute Gasteiger partial charge is 0.477 e. The lowest BCUT2D eigenvalue weighted by atomic mass is 10.0. The number of thiophene rings is 1. The Hall–Kier alpha value is -3.41. The lowest BCUT2D eigenvalue weighted by Gasteiger charge is -2.49. The molecular weight excluding hydrogens is 561 g/mol. The number of hydrogen-bond donors (Lipinski definition) is 4. The molecule has 0 bridgehead atoms. The SMILES string of the molecule is CO/N=C(\C(=O)N[C@@H]1C(=O)N2C(C(=O)O)=C(CSc3n[nH]c(-c4ccsc4)n3)CS[C@H]12)c1csc(N)n1. The van der Waals surface area contributed by atoms with Crippen molar-refractivity contribution in [2.75, 3.05) is 24.3 Å². The van der Waals surface area contributed by atoms with Crippen LogP contribution in [0.5, 0.6) is 0 Å². The zero-order valence-corrected chi connectivity index (χ0v) is 22.2. The maximum Gasteiger partial charge on any atom is 0.352 e. The molecular formula is C20H18N8O5S4. The molecule has 192 valence electrons. The summed E-state index contributed by atoms with van der Waals surface area (Å²) in [6.07, 6.45) is 0. The highest BCUT2D eigenvalue weighted by Crippen LogP contribution is 2.41. The van der Waals surface area contributed by atoms with E-state index in [9.17, 15) is 19.5 Å². The Kier molecular flexibility index (Phi) is 7.18. The first-order valence-electron chi connectivity index (χ1n) is 10.5. The number of amides is 2. The number of thioether (sulfide) groups is 2. The number of oxime groups is 1. The van der Waals surface area contributed by atoms with Crippen LogP contribution in [0.4, 0.5) is 5.13 Å². The summed E-state index contributed by atoms with van der Waals surface area (Å²) in [5.74, 6) is -1.15. The summed E-state index contributed by atoms with van der Waals surface area (Å²) in [4.78, 5) is 52.4. The highest BCUT2D eigenvalue weighted by atomic mass is 32.2. The van der Waals surface area contributed by atoms with Gasteiger partial charge < -0.3 is 21.0 Å². The summed E-state index contributed by atoms with van der Waals surface area (Å²) in [7, 11) is 1.28. The van der Waals surface area contributed by atoms with Crippen LogP contribution in [-0.2, 0) is 19.2 Å². The molecule has 0 saturated carbocycles. The van der Waals surface area contributed by atoms with Gasteiger partial charge in [0.05, 0.1) is 0 Å². The van der Waals surface area contributed by atoms with E-state index in [2.05, 4.69) is 30.6 Å². The Morgan fingerprint density at radius 1 is 1.41 bits per heavy atom. The summed E-state index contributed by atoms with van der Waals surface area (Å²) in [5.41, 5.74) is 7.12. The summed E-state index contributed by atoms with van der Waals surface area (Å²) in [6, 6.07) is 0.990. The standard InChI is InChI=1S/C20H18N8O5S4/c1-33-27-11(10-7-36-19(21)22-10)15(29)23-12-16(30)28-13(18(31)32)9(5-35-17(12)28)6-37-20-24-14(25-26-20)8-2-3-34-4-8/h2-4,7,12,17H,5-6H2,1H3,(H2,21,22)(H,23,29)(H,31,32)(H,24,25,26)/b27-11-/t12-,17-/m1/s1. The molecule has 1 fully saturated rings. The van der Waals surface area contributed by atoms with Gasteiger partial charge >= 0.3 is 5.97 Å². The minimum absolute atomic E-state index is 0.0848. The van der Waals surface area contributed by atoms with Crippen LogP contribution in [0, 0.1) is 0 Å². The molecule has 2 atom stereocenters. The van der Waals surface area contributed by atoms with Crippen molar-refractivity contribution in [3.63, 3.8) is 0 Å². The number of H-pyrrole nitrogens is 1. The van der Waals surface area contributed by atoms with E-state index in [1.165, 1.54) is 35.5 Å². The first-order valence-corrected chi connectivity index (χ1v) is 14.3. The van der Waals surface area contributed by atoms with E-state index in [1.54, 1.807) is 16.7 Å². The maximum absolute atomic E-state index is 13.0. The van der Waals surface area contributed by atoms with Gasteiger partial charge in [-0.2, -0.15) is 11.3 Å². The van der Waals surface area contributed by atoms with Crippen molar-refractivity contribution in [2.24, 2.45) is 5.16 Å². The number of anilines is 1. The molecule has 3 aromatic rings. The van der Waals surface area contributed by atoms with Crippen molar-refractivity contribution in [1.82, 2.24) is 30.4 Å². The number of carbonyl (C=O) groups is 3. The van der Waals surface area contributed by atoms with Crippen LogP contribution in [0.25, 0.3) is 11.4 Å². The molecule has 2 aliphatic rings. The average Bonchev–Trinajstić information content (AvgIpc) is 3.65. The molecule has 0 unspecified atom stereocenters. The summed E-state index contributed by atoms with van der Waals surface area (Å²) < 4.78 is 0. The van der Waals surface area contributed by atoms with E-state index in [-0.39, 0.29) is 22.2 Å². The van der Waals surface area contributed by atoms with Gasteiger partial charge in [-0.25, -0.2) is 14.8 Å². The Balaban J connectivity index is 1.28. The van der Waals surface area contributed by atoms with Gasteiger partial charge in [-0.05, 0) is 17.0 Å². The number of carbonyl (C=O) groups excluding carboxylic acids is 2. The van der Waals surface area contributed by atoms with Gasteiger partial charge in [0.15, 0.2) is 16.7 Å². The molecule has 5 N–H and O–H groups in total. The van der Waals surface area contributed by atoms with Gasteiger partial charge in [-0.3, -0.25) is 19.6 Å². The molecule has 13 nitrogen and oxygen atoms in total. The molecule has 5 rings (SSSR count). The van der Waals surface area contributed by atoms with Gasteiger partial charge in [0.25, 0.3) is 11.8 Å². The summed E-state index contributed by atoms with van der Waals surface area (Å²) in [5, 5.41) is 28.9. The number of rotatable bonds is 9. The van der Waals surface area contributed by atoms with E-state index < -0.39 is 29.2 Å². The first-order chi connectivity index (χ1) is 17.9. The number of hydrogen-bond acceptors (Lipinski definition) is 13. The third kappa shape index (κ3) is 4.94. The Morgan fingerprint density at radius 3 is 2.92 bits per heavy atom. The smallest absolute Gasteiger partial charge is 0.352 e. The molecule has 2 aliphatic heterocycles. The van der Waals surface area contributed by atoms with Crippen LogP contribution in [0.2, 0.25) is 0 Å². The second-order valence-corrected chi connectivity index (χ2v) is 11.3. The van der Waals surface area contributed by atoms with Crippen molar-refractivity contribution in [3.8, 4) is 11.4 Å². The van der Waals surface area contributed by atoms with Gasteiger partial charge in [-0.15, -0.1) is 28.2 Å². The average molecular weight is 579 g/mol. The minimum atomic E-state index is -1.22. The van der Waals surface area contributed by atoms with Crippen LogP contribution in [-0.4, -0.2) is 83.7 Å². The number of aliphatic carboxylic acids is 1. The van der Waals surface area contributed by atoms with Gasteiger partial charge in [0, 0.05) is 27.8 Å². The number of carboxylic acids is 1. The van der Waals surface area contributed by atoms with E-state index in [1.807, 2.05) is 16.8 Å². The zero-order valence-electron chi connectivity index (χ0n) is 18.9. The van der Waals surface area contributed by atoms with Gasteiger partial charge in [0.1, 0.15) is 29.9 Å². The number of nitrogens with zero attached hydrogens (tertiary/aromatic N) is 5. The zero-order chi connectivity index (χ0) is 26.1. The predicted molar refractivity (Wildman–Crippen MR) is 140 cm³/mol. The highest BCUT2D eigenvalue weighted by Gasteiger charge is 2.54. The van der Waals surface area contributed by atoms with E-state index in [0.29, 0.717) is 28.1 Å². The van der Waals surface area contributed by atoms with E-state index in [4.69, 9.17) is 10.6 Å². The van der Waals surface area contributed by atoms with Crippen LogP contribution in [0.1, 0.15) is 5.69 Å². The molecule has 0 aliphatic carbocycles. The number of fused-ring (bicyclic) bond motifs is 1. The third-order valence-corrected chi connectivity index (χ3v) is 8.96. The van der Waals surface area contributed by atoms with Crippen molar-refractivity contribution in [1.29, 1.82) is 0 Å². The fourth-order valence-corrected chi connectivity index (χ4v) is 7.16. The highest BCUT2D eigenvalue weighted by molar-refractivity contribution is 8.01. The fraction of sp³-hybridized carbons (Fsp3) is 0.250. The van der Waals surface area contributed by atoms with Crippen molar-refractivity contribution < 1.29 is 24.3 Å². The molecule has 0 spiro atoms. The molecule has 0 aromatic carbocycles. The van der Waals surface area contributed by atoms with Crippen molar-refractivity contribution in [2.45, 2.75) is 16.6 Å².